The molecule has 2 rings (SSSR count). The second kappa shape index (κ2) is 5.10. The molecule has 0 N–H and O–H groups in total. The van der Waals surface area contributed by atoms with Gasteiger partial charge in [0.25, 0.3) is 0 Å². The van der Waals surface area contributed by atoms with Crippen molar-refractivity contribution in [3.8, 4) is 0 Å². The predicted molar refractivity (Wildman–Crippen MR) is 59.2 cm³/mol. The molecule has 1 aliphatic carbocycles. The molecule has 0 amide bonds. The molecule has 0 saturated heterocycles. The zero-order valence-corrected chi connectivity index (χ0v) is 9.61. The average Bonchev–Trinajstić information content (AvgIpc) is 3.08. The quantitative estimate of drug-likeness (QED) is 0.811. The number of rotatable bonds is 5. The summed E-state index contributed by atoms with van der Waals surface area (Å²) in [6.07, 6.45) is -3.67. The minimum atomic E-state index is -4.37. The molecule has 2 atom stereocenters. The number of halogens is 3. The second-order valence-electron chi connectivity index (χ2n) is 4.43. The number of ether oxygens (including phenoxy) is 1. The van der Waals surface area contributed by atoms with Crippen molar-refractivity contribution in [1.82, 2.24) is 0 Å². The lowest BCUT2D eigenvalue weighted by molar-refractivity contribution is -0.175. The number of hydrogen-bond acceptors (Lipinski definition) is 2. The van der Waals surface area contributed by atoms with E-state index in [1.165, 1.54) is 0 Å². The van der Waals surface area contributed by atoms with E-state index in [0.29, 0.717) is 6.42 Å². The summed E-state index contributed by atoms with van der Waals surface area (Å²) in [5.41, 5.74) is 1.06. The molecule has 1 aromatic rings. The summed E-state index contributed by atoms with van der Waals surface area (Å²) in [6.45, 7) is -1.81. The van der Waals surface area contributed by atoms with Crippen molar-refractivity contribution in [1.29, 1.82) is 0 Å². The van der Waals surface area contributed by atoms with Crippen LogP contribution in [0.5, 0.6) is 0 Å². The lowest BCUT2D eigenvalue weighted by Crippen LogP contribution is -2.21. The van der Waals surface area contributed by atoms with Gasteiger partial charge in [-0.2, -0.15) is 13.2 Å². The zero-order chi connectivity index (χ0) is 13.2. The summed E-state index contributed by atoms with van der Waals surface area (Å²) in [5.74, 6) is -0.276. The fourth-order valence-corrected chi connectivity index (χ4v) is 1.99. The van der Waals surface area contributed by atoms with Gasteiger partial charge in [-0.3, -0.25) is 4.79 Å². The van der Waals surface area contributed by atoms with Gasteiger partial charge in [-0.25, -0.2) is 0 Å². The van der Waals surface area contributed by atoms with Crippen LogP contribution < -0.4 is 0 Å². The standard InChI is InChI=1S/C13H13F3O2/c14-13(15,16)8-18-7-12(17)11-6-10(11)9-4-2-1-3-5-9/h1-5,10-11H,6-8H2. The molecular weight excluding hydrogens is 245 g/mol. The second-order valence-corrected chi connectivity index (χ2v) is 4.43. The summed E-state index contributed by atoms with van der Waals surface area (Å²) in [7, 11) is 0. The van der Waals surface area contributed by atoms with E-state index in [1.807, 2.05) is 30.3 Å². The van der Waals surface area contributed by atoms with Gasteiger partial charge in [0, 0.05) is 5.92 Å². The Balaban J connectivity index is 1.76. The van der Waals surface area contributed by atoms with E-state index in [1.54, 1.807) is 0 Å². The van der Waals surface area contributed by atoms with Crippen LogP contribution in [-0.2, 0) is 9.53 Å². The third-order valence-corrected chi connectivity index (χ3v) is 2.94. The molecule has 0 spiro atoms. The molecule has 0 aromatic heterocycles. The molecule has 1 aliphatic rings. The smallest absolute Gasteiger partial charge is 0.364 e. The van der Waals surface area contributed by atoms with Gasteiger partial charge >= 0.3 is 6.18 Å². The van der Waals surface area contributed by atoms with E-state index in [-0.39, 0.29) is 17.6 Å². The predicted octanol–water partition coefficient (Wildman–Crippen LogP) is 2.94. The van der Waals surface area contributed by atoms with Crippen LogP contribution in [0.25, 0.3) is 0 Å². The molecule has 1 saturated carbocycles. The van der Waals surface area contributed by atoms with E-state index in [4.69, 9.17) is 0 Å². The highest BCUT2D eigenvalue weighted by molar-refractivity contribution is 5.86. The fourth-order valence-electron chi connectivity index (χ4n) is 1.99. The Kier molecular flexibility index (Phi) is 3.71. The largest absolute Gasteiger partial charge is 0.411 e. The van der Waals surface area contributed by atoms with Gasteiger partial charge in [0.1, 0.15) is 13.2 Å². The van der Waals surface area contributed by atoms with Crippen LogP contribution in [0.2, 0.25) is 0 Å². The van der Waals surface area contributed by atoms with Crippen molar-refractivity contribution < 1.29 is 22.7 Å². The van der Waals surface area contributed by atoms with Crippen LogP contribution in [0, 0.1) is 5.92 Å². The Bertz CT molecular complexity index is 414. The van der Waals surface area contributed by atoms with Gasteiger partial charge < -0.3 is 4.74 Å². The lowest BCUT2D eigenvalue weighted by Gasteiger charge is -2.06. The van der Waals surface area contributed by atoms with E-state index in [2.05, 4.69) is 4.74 Å². The van der Waals surface area contributed by atoms with Crippen LogP contribution in [0.3, 0.4) is 0 Å². The van der Waals surface area contributed by atoms with Crippen LogP contribution in [0.4, 0.5) is 13.2 Å². The van der Waals surface area contributed by atoms with Crippen LogP contribution >= 0.6 is 0 Å². The molecule has 2 unspecified atom stereocenters. The van der Waals surface area contributed by atoms with Crippen molar-refractivity contribution in [2.24, 2.45) is 5.92 Å². The molecule has 1 aromatic carbocycles. The highest BCUT2D eigenvalue weighted by Crippen LogP contribution is 2.47. The fraction of sp³-hybridized carbons (Fsp3) is 0.462. The van der Waals surface area contributed by atoms with E-state index in [0.717, 1.165) is 5.56 Å². The van der Waals surface area contributed by atoms with Crippen molar-refractivity contribution in [2.45, 2.75) is 18.5 Å². The van der Waals surface area contributed by atoms with Crippen molar-refractivity contribution >= 4 is 5.78 Å². The molecule has 1 fully saturated rings. The maximum absolute atomic E-state index is 11.8. The molecule has 0 radical (unpaired) electrons. The maximum atomic E-state index is 11.8. The summed E-state index contributed by atoms with van der Waals surface area (Å²) < 4.78 is 39.9. The molecular formula is C13H13F3O2. The highest BCUT2D eigenvalue weighted by atomic mass is 19.4. The minimum Gasteiger partial charge on any atom is -0.364 e. The third-order valence-electron chi connectivity index (χ3n) is 2.94. The highest BCUT2D eigenvalue weighted by Gasteiger charge is 2.43. The first-order valence-corrected chi connectivity index (χ1v) is 5.69. The first kappa shape index (κ1) is 13.1. The summed E-state index contributed by atoms with van der Waals surface area (Å²) in [6, 6.07) is 9.50. The van der Waals surface area contributed by atoms with Gasteiger partial charge in [-0.1, -0.05) is 30.3 Å². The molecule has 0 bridgehead atoms. The van der Waals surface area contributed by atoms with Gasteiger partial charge in [-0.15, -0.1) is 0 Å². The zero-order valence-electron chi connectivity index (χ0n) is 9.61. The van der Waals surface area contributed by atoms with Gasteiger partial charge in [0.15, 0.2) is 5.78 Å². The maximum Gasteiger partial charge on any atom is 0.411 e. The minimum absolute atomic E-state index is 0.146. The van der Waals surface area contributed by atoms with Crippen LogP contribution in [-0.4, -0.2) is 25.2 Å². The summed E-state index contributed by atoms with van der Waals surface area (Å²) in [4.78, 5) is 11.6. The number of Topliss-reactive ketones (excluding diaryl/α,β-unsaturated/α-hetero) is 1. The van der Waals surface area contributed by atoms with Gasteiger partial charge in [0.2, 0.25) is 0 Å². The van der Waals surface area contributed by atoms with Gasteiger partial charge in [-0.05, 0) is 17.9 Å². The molecule has 5 heteroatoms. The number of carbonyl (C=O) groups excluding carboxylic acids is 1. The molecule has 98 valence electrons. The Morgan fingerprint density at radius 1 is 1.28 bits per heavy atom. The normalized spacial score (nSPS) is 22.8. The average molecular weight is 258 g/mol. The van der Waals surface area contributed by atoms with Crippen LogP contribution in [0.15, 0.2) is 30.3 Å². The Morgan fingerprint density at radius 2 is 1.94 bits per heavy atom. The van der Waals surface area contributed by atoms with Crippen LogP contribution in [0.1, 0.15) is 17.9 Å². The van der Waals surface area contributed by atoms with E-state index in [9.17, 15) is 18.0 Å². The lowest BCUT2D eigenvalue weighted by atomic mass is 10.1. The van der Waals surface area contributed by atoms with E-state index < -0.39 is 19.4 Å². The number of hydrogen-bond donors (Lipinski definition) is 0. The number of alkyl halides is 3. The SMILES string of the molecule is O=C(COCC(F)(F)F)C1CC1c1ccccc1. The number of benzene rings is 1. The molecule has 2 nitrogen and oxygen atoms in total. The summed E-state index contributed by atoms with van der Waals surface area (Å²) >= 11 is 0. The van der Waals surface area contributed by atoms with Crippen molar-refractivity contribution in [3.63, 3.8) is 0 Å². The Morgan fingerprint density at radius 3 is 2.56 bits per heavy atom. The van der Waals surface area contributed by atoms with Gasteiger partial charge in [0.05, 0.1) is 0 Å². The third kappa shape index (κ3) is 3.57. The molecule has 0 heterocycles. The molecule has 18 heavy (non-hydrogen) atoms. The molecule has 0 aliphatic heterocycles. The van der Waals surface area contributed by atoms with Crippen molar-refractivity contribution in [3.05, 3.63) is 35.9 Å². The monoisotopic (exact) mass is 258 g/mol. The first-order valence-electron chi connectivity index (χ1n) is 5.69. The first-order chi connectivity index (χ1) is 8.47. The Labute approximate surface area is 103 Å². The topological polar surface area (TPSA) is 26.3 Å². The summed E-state index contributed by atoms with van der Waals surface area (Å²) in [5, 5.41) is 0. The number of ketones is 1. The number of carbonyl (C=O) groups is 1. The Hall–Kier alpha value is -1.36. The van der Waals surface area contributed by atoms with Crippen molar-refractivity contribution in [2.75, 3.05) is 13.2 Å². The van der Waals surface area contributed by atoms with E-state index >= 15 is 0 Å².